The molecular weight excluding hydrogens is 304 g/mol. The Morgan fingerprint density at radius 3 is 2.90 bits per heavy atom. The van der Waals surface area contributed by atoms with Crippen LogP contribution >= 0.6 is 23.8 Å². The van der Waals surface area contributed by atoms with Crippen LogP contribution < -0.4 is 5.73 Å². The second-order valence-electron chi connectivity index (χ2n) is 4.83. The molecule has 0 saturated carbocycles. The van der Waals surface area contributed by atoms with Crippen LogP contribution in [0.5, 0.6) is 0 Å². The van der Waals surface area contributed by atoms with Gasteiger partial charge in [0.15, 0.2) is 4.77 Å². The summed E-state index contributed by atoms with van der Waals surface area (Å²) in [5.41, 5.74) is 7.41. The first-order valence-electron chi connectivity index (χ1n) is 6.17. The van der Waals surface area contributed by atoms with E-state index in [2.05, 4.69) is 4.98 Å². The molecule has 0 radical (unpaired) electrons. The van der Waals surface area contributed by atoms with Crippen LogP contribution in [0.3, 0.4) is 0 Å². The molecule has 0 spiro atoms. The molecule has 1 aliphatic heterocycles. The number of aromatic nitrogens is 2. The number of H-pyrrole nitrogens is 1. The first-order valence-corrected chi connectivity index (χ1v) is 6.95. The predicted octanol–water partition coefficient (Wildman–Crippen LogP) is 3.28. The van der Waals surface area contributed by atoms with Crippen molar-refractivity contribution in [3.63, 3.8) is 0 Å². The number of benzene rings is 1. The number of nitrogens with zero attached hydrogens (tertiary/aromatic N) is 1. The molecule has 0 amide bonds. The molecule has 3 N–H and O–H groups in total. The summed E-state index contributed by atoms with van der Waals surface area (Å²) in [7, 11) is 0. The van der Waals surface area contributed by atoms with E-state index in [1.54, 1.807) is 0 Å². The number of imidazole rings is 1. The van der Waals surface area contributed by atoms with Gasteiger partial charge in [0.25, 0.3) is 0 Å². The lowest BCUT2D eigenvalue weighted by molar-refractivity contribution is 0.513. The van der Waals surface area contributed by atoms with E-state index in [1.165, 1.54) is 12.1 Å². The van der Waals surface area contributed by atoms with Gasteiger partial charge in [0.2, 0.25) is 0 Å². The molecule has 0 bridgehead atoms. The number of hydrogen-bond donors (Lipinski definition) is 2. The van der Waals surface area contributed by atoms with Crippen molar-refractivity contribution in [3.8, 4) is 0 Å². The number of rotatable bonds is 2. The van der Waals surface area contributed by atoms with Crippen LogP contribution in [0.15, 0.2) is 12.1 Å². The van der Waals surface area contributed by atoms with E-state index in [9.17, 15) is 8.78 Å². The molecule has 1 aliphatic rings. The number of aromatic amines is 1. The fraction of sp³-hybridized carbons (Fsp3) is 0.308. The summed E-state index contributed by atoms with van der Waals surface area (Å²) >= 11 is 10.9. The summed E-state index contributed by atoms with van der Waals surface area (Å²) in [4.78, 5) is 3.02. The highest BCUT2D eigenvalue weighted by Gasteiger charge is 2.31. The quantitative estimate of drug-likeness (QED) is 0.660. The lowest BCUT2D eigenvalue weighted by Gasteiger charge is -2.13. The molecule has 106 valence electrons. The van der Waals surface area contributed by atoms with Gasteiger partial charge in [0, 0.05) is 30.3 Å². The van der Waals surface area contributed by atoms with Gasteiger partial charge in [-0.15, -0.1) is 0 Å². The van der Waals surface area contributed by atoms with Crippen molar-refractivity contribution >= 4 is 23.8 Å². The third kappa shape index (κ3) is 1.99. The molecule has 2 aromatic rings. The third-order valence-electron chi connectivity index (χ3n) is 3.71. The highest BCUT2D eigenvalue weighted by molar-refractivity contribution is 7.71. The SMILES string of the molecule is NCc1[nH]c(=S)n2c1CC(c1c(F)ccc(Cl)c1F)C2. The Morgan fingerprint density at radius 2 is 2.20 bits per heavy atom. The molecule has 1 aromatic heterocycles. The zero-order valence-corrected chi connectivity index (χ0v) is 12.0. The van der Waals surface area contributed by atoms with E-state index < -0.39 is 11.6 Å². The Balaban J connectivity index is 2.05. The molecule has 1 atom stereocenters. The molecule has 0 aliphatic carbocycles. The van der Waals surface area contributed by atoms with Crippen molar-refractivity contribution in [2.75, 3.05) is 0 Å². The van der Waals surface area contributed by atoms with Gasteiger partial charge in [-0.25, -0.2) is 8.78 Å². The average Bonchev–Trinajstić information content (AvgIpc) is 2.96. The molecular formula is C13H12ClF2N3S. The maximum atomic E-state index is 14.1. The highest BCUT2D eigenvalue weighted by Crippen LogP contribution is 2.36. The van der Waals surface area contributed by atoms with Crippen molar-refractivity contribution in [2.45, 2.75) is 25.4 Å². The van der Waals surface area contributed by atoms with Crippen molar-refractivity contribution < 1.29 is 8.78 Å². The first kappa shape index (κ1) is 13.7. The second-order valence-corrected chi connectivity index (χ2v) is 5.62. The Morgan fingerprint density at radius 1 is 1.45 bits per heavy atom. The zero-order valence-electron chi connectivity index (χ0n) is 10.4. The monoisotopic (exact) mass is 315 g/mol. The Labute approximate surface area is 124 Å². The number of hydrogen-bond acceptors (Lipinski definition) is 2. The van der Waals surface area contributed by atoms with Gasteiger partial charge in [-0.1, -0.05) is 11.6 Å². The largest absolute Gasteiger partial charge is 0.333 e. The molecule has 3 nitrogen and oxygen atoms in total. The fourth-order valence-electron chi connectivity index (χ4n) is 2.78. The van der Waals surface area contributed by atoms with Gasteiger partial charge < -0.3 is 15.3 Å². The van der Waals surface area contributed by atoms with Gasteiger partial charge >= 0.3 is 0 Å². The van der Waals surface area contributed by atoms with E-state index >= 15 is 0 Å². The van der Waals surface area contributed by atoms with Gasteiger partial charge in [-0.05, 0) is 30.8 Å². The normalized spacial score (nSPS) is 17.5. The minimum atomic E-state index is -0.688. The van der Waals surface area contributed by atoms with Crippen LogP contribution in [-0.4, -0.2) is 9.55 Å². The Kier molecular flexibility index (Phi) is 3.40. The lowest BCUT2D eigenvalue weighted by atomic mass is 9.95. The van der Waals surface area contributed by atoms with E-state index in [1.807, 2.05) is 4.57 Å². The highest BCUT2D eigenvalue weighted by atomic mass is 35.5. The lowest BCUT2D eigenvalue weighted by Crippen LogP contribution is -2.08. The van der Waals surface area contributed by atoms with Crippen molar-refractivity contribution in [1.29, 1.82) is 0 Å². The first-order chi connectivity index (χ1) is 9.52. The van der Waals surface area contributed by atoms with E-state index in [4.69, 9.17) is 29.6 Å². The molecule has 1 unspecified atom stereocenters. The smallest absolute Gasteiger partial charge is 0.177 e. The summed E-state index contributed by atoms with van der Waals surface area (Å²) in [6.07, 6.45) is 0.494. The maximum absolute atomic E-state index is 14.1. The van der Waals surface area contributed by atoms with Crippen LogP contribution in [0.4, 0.5) is 8.78 Å². The minimum absolute atomic E-state index is 0.0265. The standard InChI is InChI=1S/C13H12ClF2N3S/c14-7-1-2-8(15)11(12(7)16)6-3-10-9(4-17)18-13(20)19(10)5-6/h1-2,6H,3-5,17H2,(H,18,20). The van der Waals surface area contributed by atoms with Gasteiger partial charge in [-0.2, -0.15) is 0 Å². The summed E-state index contributed by atoms with van der Waals surface area (Å²) in [6, 6.07) is 2.42. The molecule has 20 heavy (non-hydrogen) atoms. The van der Waals surface area contributed by atoms with E-state index in [0.717, 1.165) is 11.4 Å². The summed E-state index contributed by atoms with van der Waals surface area (Å²) in [5, 5.41) is -0.0674. The summed E-state index contributed by atoms with van der Waals surface area (Å²) in [5.74, 6) is -1.58. The molecule has 0 fully saturated rings. The van der Waals surface area contributed by atoms with E-state index in [-0.39, 0.29) is 16.5 Å². The molecule has 2 heterocycles. The summed E-state index contributed by atoms with van der Waals surface area (Å²) in [6.45, 7) is 0.748. The number of fused-ring (bicyclic) bond motifs is 1. The van der Waals surface area contributed by atoms with Crippen LogP contribution in [0, 0.1) is 16.4 Å². The van der Waals surface area contributed by atoms with Crippen LogP contribution in [0.25, 0.3) is 0 Å². The summed E-state index contributed by atoms with van der Waals surface area (Å²) < 4.78 is 30.4. The fourth-order valence-corrected chi connectivity index (χ4v) is 3.25. The Hall–Kier alpha value is -1.24. The number of halogens is 3. The number of nitrogens with two attached hydrogens (primary N) is 1. The minimum Gasteiger partial charge on any atom is -0.333 e. The third-order valence-corrected chi connectivity index (χ3v) is 4.33. The van der Waals surface area contributed by atoms with Crippen LogP contribution in [0.1, 0.15) is 22.9 Å². The predicted molar refractivity (Wildman–Crippen MR) is 75.3 cm³/mol. The topological polar surface area (TPSA) is 46.7 Å². The molecule has 1 aromatic carbocycles. The molecule has 0 saturated heterocycles. The second kappa shape index (κ2) is 4.95. The molecule has 3 rings (SSSR count). The van der Waals surface area contributed by atoms with Crippen molar-refractivity contribution in [1.82, 2.24) is 9.55 Å². The number of nitrogens with one attached hydrogen (secondary N) is 1. The van der Waals surface area contributed by atoms with Crippen LogP contribution in [-0.2, 0) is 19.5 Å². The van der Waals surface area contributed by atoms with Crippen molar-refractivity contribution in [3.05, 3.63) is 50.5 Å². The Bertz CT molecular complexity index is 738. The van der Waals surface area contributed by atoms with Crippen molar-refractivity contribution in [2.24, 2.45) is 5.73 Å². The maximum Gasteiger partial charge on any atom is 0.177 e. The van der Waals surface area contributed by atoms with Gasteiger partial charge in [0.1, 0.15) is 11.6 Å². The average molecular weight is 316 g/mol. The molecule has 7 heteroatoms. The van der Waals surface area contributed by atoms with Gasteiger partial charge in [0.05, 0.1) is 10.7 Å². The van der Waals surface area contributed by atoms with E-state index in [0.29, 0.717) is 24.3 Å². The zero-order chi connectivity index (χ0) is 14.4. The van der Waals surface area contributed by atoms with Crippen LogP contribution in [0.2, 0.25) is 5.02 Å². The van der Waals surface area contributed by atoms with Gasteiger partial charge in [-0.3, -0.25) is 0 Å².